The van der Waals surface area contributed by atoms with E-state index in [1.165, 1.54) is 0 Å². The highest BCUT2D eigenvalue weighted by molar-refractivity contribution is 5.27. The topological polar surface area (TPSA) is 55.5 Å². The Labute approximate surface area is 78.1 Å². The highest BCUT2D eigenvalue weighted by Crippen LogP contribution is 2.17. The molecule has 0 amide bonds. The number of hydrogen-bond acceptors (Lipinski definition) is 3. The molecule has 0 heterocycles. The van der Waals surface area contributed by atoms with Crippen LogP contribution in [-0.4, -0.2) is 18.8 Å². The fraction of sp³-hybridized carbons (Fsp3) is 0.400. The zero-order valence-corrected chi connectivity index (χ0v) is 7.73. The van der Waals surface area contributed by atoms with Gasteiger partial charge >= 0.3 is 0 Å². The Morgan fingerprint density at radius 1 is 1.38 bits per heavy atom. The number of phenolic OH excluding ortho intramolecular Hbond substituents is 1. The SMILES string of the molecule is COCCC(N)c1ccc(O)cc1. The van der Waals surface area contributed by atoms with Gasteiger partial charge in [-0.1, -0.05) is 12.1 Å². The lowest BCUT2D eigenvalue weighted by Gasteiger charge is -2.10. The minimum atomic E-state index is -0.0134. The van der Waals surface area contributed by atoms with Crippen LogP contribution < -0.4 is 5.73 Å². The van der Waals surface area contributed by atoms with Crippen molar-refractivity contribution < 1.29 is 9.84 Å². The van der Waals surface area contributed by atoms with Crippen LogP contribution >= 0.6 is 0 Å². The molecule has 0 aromatic heterocycles. The molecule has 0 fully saturated rings. The third-order valence-corrected chi connectivity index (χ3v) is 1.95. The van der Waals surface area contributed by atoms with Gasteiger partial charge in [0.25, 0.3) is 0 Å². The van der Waals surface area contributed by atoms with Gasteiger partial charge in [0.05, 0.1) is 0 Å². The van der Waals surface area contributed by atoms with Crippen LogP contribution in [0.5, 0.6) is 5.75 Å². The summed E-state index contributed by atoms with van der Waals surface area (Å²) >= 11 is 0. The van der Waals surface area contributed by atoms with Gasteiger partial charge < -0.3 is 15.6 Å². The number of hydrogen-bond donors (Lipinski definition) is 2. The van der Waals surface area contributed by atoms with Gasteiger partial charge in [0.2, 0.25) is 0 Å². The number of rotatable bonds is 4. The first-order chi connectivity index (χ1) is 6.24. The summed E-state index contributed by atoms with van der Waals surface area (Å²) in [5.74, 6) is 0.266. The highest BCUT2D eigenvalue weighted by Gasteiger charge is 2.04. The van der Waals surface area contributed by atoms with E-state index in [0.29, 0.717) is 6.61 Å². The maximum absolute atomic E-state index is 9.05. The summed E-state index contributed by atoms with van der Waals surface area (Å²) < 4.78 is 4.93. The number of aromatic hydroxyl groups is 1. The predicted octanol–water partition coefficient (Wildman–Crippen LogP) is 1.43. The molecule has 3 N–H and O–H groups in total. The van der Waals surface area contributed by atoms with Gasteiger partial charge in [0, 0.05) is 19.8 Å². The van der Waals surface area contributed by atoms with Crippen molar-refractivity contribution in [2.45, 2.75) is 12.5 Å². The molecule has 0 saturated carbocycles. The zero-order chi connectivity index (χ0) is 9.68. The van der Waals surface area contributed by atoms with Gasteiger partial charge in [0.15, 0.2) is 0 Å². The Morgan fingerprint density at radius 2 is 2.00 bits per heavy atom. The molecule has 0 bridgehead atoms. The van der Waals surface area contributed by atoms with Crippen LogP contribution in [0.15, 0.2) is 24.3 Å². The third kappa shape index (κ3) is 3.05. The quantitative estimate of drug-likeness (QED) is 0.738. The van der Waals surface area contributed by atoms with Gasteiger partial charge in [-0.3, -0.25) is 0 Å². The molecule has 1 atom stereocenters. The predicted molar refractivity (Wildman–Crippen MR) is 51.5 cm³/mol. The summed E-state index contributed by atoms with van der Waals surface area (Å²) in [4.78, 5) is 0. The monoisotopic (exact) mass is 181 g/mol. The van der Waals surface area contributed by atoms with E-state index in [0.717, 1.165) is 12.0 Å². The number of benzene rings is 1. The van der Waals surface area contributed by atoms with Crippen molar-refractivity contribution in [3.63, 3.8) is 0 Å². The first-order valence-electron chi connectivity index (χ1n) is 4.27. The number of methoxy groups -OCH3 is 1. The van der Waals surface area contributed by atoms with Gasteiger partial charge in [0.1, 0.15) is 5.75 Å². The van der Waals surface area contributed by atoms with Crippen LogP contribution in [0.25, 0.3) is 0 Å². The Bertz CT molecular complexity index is 246. The van der Waals surface area contributed by atoms with Gasteiger partial charge in [-0.25, -0.2) is 0 Å². The Kier molecular flexibility index (Phi) is 3.73. The van der Waals surface area contributed by atoms with Crippen LogP contribution in [0, 0.1) is 0 Å². The summed E-state index contributed by atoms with van der Waals surface area (Å²) in [6.45, 7) is 0.655. The number of ether oxygens (including phenoxy) is 1. The van der Waals surface area contributed by atoms with E-state index in [1.54, 1.807) is 19.2 Å². The van der Waals surface area contributed by atoms with Crippen molar-refractivity contribution in [2.24, 2.45) is 5.73 Å². The molecule has 1 rings (SSSR count). The van der Waals surface area contributed by atoms with Crippen molar-refractivity contribution in [1.29, 1.82) is 0 Å². The second-order valence-corrected chi connectivity index (χ2v) is 2.98. The largest absolute Gasteiger partial charge is 0.508 e. The van der Waals surface area contributed by atoms with Crippen molar-refractivity contribution >= 4 is 0 Å². The Balaban J connectivity index is 2.55. The fourth-order valence-electron chi connectivity index (χ4n) is 1.13. The van der Waals surface area contributed by atoms with E-state index in [-0.39, 0.29) is 11.8 Å². The molecule has 13 heavy (non-hydrogen) atoms. The van der Waals surface area contributed by atoms with Crippen molar-refractivity contribution in [3.05, 3.63) is 29.8 Å². The van der Waals surface area contributed by atoms with Gasteiger partial charge in [-0.15, -0.1) is 0 Å². The Hall–Kier alpha value is -1.06. The van der Waals surface area contributed by atoms with Crippen LogP contribution in [0.2, 0.25) is 0 Å². The number of phenols is 1. The molecule has 72 valence electrons. The summed E-state index contributed by atoms with van der Waals surface area (Å²) in [6, 6.07) is 6.93. The minimum absolute atomic E-state index is 0.0134. The van der Waals surface area contributed by atoms with Crippen LogP contribution in [-0.2, 0) is 4.74 Å². The maximum atomic E-state index is 9.05. The molecule has 0 spiro atoms. The van der Waals surface area contributed by atoms with E-state index in [2.05, 4.69) is 0 Å². The van der Waals surface area contributed by atoms with Crippen molar-refractivity contribution in [2.75, 3.05) is 13.7 Å². The van der Waals surface area contributed by atoms with Crippen molar-refractivity contribution in [1.82, 2.24) is 0 Å². The average Bonchev–Trinajstić information content (AvgIpc) is 2.15. The molecule has 1 aromatic rings. The first kappa shape index (κ1) is 10.0. The zero-order valence-electron chi connectivity index (χ0n) is 7.73. The second-order valence-electron chi connectivity index (χ2n) is 2.98. The van der Waals surface area contributed by atoms with Crippen LogP contribution in [0.3, 0.4) is 0 Å². The van der Waals surface area contributed by atoms with E-state index in [4.69, 9.17) is 15.6 Å². The third-order valence-electron chi connectivity index (χ3n) is 1.95. The lowest BCUT2D eigenvalue weighted by atomic mass is 10.1. The summed E-state index contributed by atoms with van der Waals surface area (Å²) in [7, 11) is 1.66. The maximum Gasteiger partial charge on any atom is 0.115 e. The van der Waals surface area contributed by atoms with Gasteiger partial charge in [-0.2, -0.15) is 0 Å². The molecule has 0 aliphatic carbocycles. The smallest absolute Gasteiger partial charge is 0.115 e. The van der Waals surface area contributed by atoms with E-state index in [9.17, 15) is 0 Å². The van der Waals surface area contributed by atoms with Crippen molar-refractivity contribution in [3.8, 4) is 5.75 Å². The molecule has 0 aliphatic heterocycles. The number of nitrogens with two attached hydrogens (primary N) is 1. The van der Waals surface area contributed by atoms with E-state index >= 15 is 0 Å². The Morgan fingerprint density at radius 3 is 2.54 bits per heavy atom. The molecule has 3 nitrogen and oxygen atoms in total. The molecular formula is C10H15NO2. The lowest BCUT2D eigenvalue weighted by molar-refractivity contribution is 0.188. The summed E-state index contributed by atoms with van der Waals surface area (Å²) in [5.41, 5.74) is 6.89. The van der Waals surface area contributed by atoms with E-state index < -0.39 is 0 Å². The lowest BCUT2D eigenvalue weighted by Crippen LogP contribution is -2.12. The molecule has 1 aromatic carbocycles. The van der Waals surface area contributed by atoms with Crippen LogP contribution in [0.1, 0.15) is 18.0 Å². The molecule has 0 saturated heterocycles. The molecule has 3 heteroatoms. The molecule has 0 radical (unpaired) electrons. The first-order valence-corrected chi connectivity index (χ1v) is 4.27. The summed E-state index contributed by atoms with van der Waals surface area (Å²) in [6.07, 6.45) is 0.793. The van der Waals surface area contributed by atoms with Crippen LogP contribution in [0.4, 0.5) is 0 Å². The standard InChI is InChI=1S/C10H15NO2/c1-13-7-6-10(11)8-2-4-9(12)5-3-8/h2-5,10,12H,6-7,11H2,1H3. The molecule has 0 aliphatic rings. The molecule has 1 unspecified atom stereocenters. The average molecular weight is 181 g/mol. The fourth-order valence-corrected chi connectivity index (χ4v) is 1.13. The van der Waals surface area contributed by atoms with E-state index in [1.807, 2.05) is 12.1 Å². The minimum Gasteiger partial charge on any atom is -0.508 e. The second kappa shape index (κ2) is 4.84. The summed E-state index contributed by atoms with van der Waals surface area (Å²) in [5, 5.41) is 9.05. The normalized spacial score (nSPS) is 12.8. The molecular weight excluding hydrogens is 166 g/mol. The highest BCUT2D eigenvalue weighted by atomic mass is 16.5. The van der Waals surface area contributed by atoms with Gasteiger partial charge in [-0.05, 0) is 24.1 Å².